The monoisotopic (exact) mass is 389 g/mol. The number of nitrogens with zero attached hydrogens (tertiary/aromatic N) is 2. The van der Waals surface area contributed by atoms with E-state index in [-0.39, 0.29) is 36.1 Å². The molecule has 1 unspecified atom stereocenters. The first-order valence-corrected chi connectivity index (χ1v) is 8.90. The molecule has 0 aromatic heterocycles. The SMILES string of the molecule is CC(C)CN(Cc1ccc(C(N)=O)cc1[N+](=O)[O-])CC(O)c1ccc(F)cc1. The van der Waals surface area contributed by atoms with Gasteiger partial charge in [0.15, 0.2) is 0 Å². The Labute approximate surface area is 162 Å². The van der Waals surface area contributed by atoms with Gasteiger partial charge in [-0.2, -0.15) is 0 Å². The number of rotatable bonds is 9. The number of benzene rings is 2. The maximum atomic E-state index is 13.1. The van der Waals surface area contributed by atoms with Crippen molar-refractivity contribution in [3.8, 4) is 0 Å². The van der Waals surface area contributed by atoms with Crippen LogP contribution in [0.4, 0.5) is 10.1 Å². The van der Waals surface area contributed by atoms with Crippen molar-refractivity contribution in [2.75, 3.05) is 13.1 Å². The zero-order valence-electron chi connectivity index (χ0n) is 15.8. The second-order valence-electron chi connectivity index (χ2n) is 7.12. The molecule has 0 heterocycles. The number of primary amides is 1. The van der Waals surface area contributed by atoms with Crippen molar-refractivity contribution in [3.05, 3.63) is 75.1 Å². The summed E-state index contributed by atoms with van der Waals surface area (Å²) >= 11 is 0. The highest BCUT2D eigenvalue weighted by Crippen LogP contribution is 2.24. The predicted molar refractivity (Wildman–Crippen MR) is 103 cm³/mol. The first-order valence-electron chi connectivity index (χ1n) is 8.90. The van der Waals surface area contributed by atoms with Crippen molar-refractivity contribution in [1.82, 2.24) is 4.90 Å². The molecule has 150 valence electrons. The van der Waals surface area contributed by atoms with Gasteiger partial charge in [-0.1, -0.05) is 32.0 Å². The van der Waals surface area contributed by atoms with Crippen LogP contribution in [0.5, 0.6) is 0 Å². The maximum Gasteiger partial charge on any atom is 0.274 e. The molecule has 0 saturated heterocycles. The summed E-state index contributed by atoms with van der Waals surface area (Å²) in [4.78, 5) is 24.1. The Kier molecular flexibility index (Phi) is 7.19. The van der Waals surface area contributed by atoms with Gasteiger partial charge in [-0.05, 0) is 29.7 Å². The number of aliphatic hydroxyl groups is 1. The third-order valence-corrected chi connectivity index (χ3v) is 4.27. The average Bonchev–Trinajstić information content (AvgIpc) is 2.61. The Bertz CT molecular complexity index is 840. The van der Waals surface area contributed by atoms with Gasteiger partial charge in [-0.15, -0.1) is 0 Å². The van der Waals surface area contributed by atoms with Gasteiger partial charge < -0.3 is 10.8 Å². The number of halogens is 1. The quantitative estimate of drug-likeness (QED) is 0.506. The number of hydrogen-bond acceptors (Lipinski definition) is 5. The van der Waals surface area contributed by atoms with Gasteiger partial charge in [-0.25, -0.2) is 4.39 Å². The van der Waals surface area contributed by atoms with Crippen molar-refractivity contribution in [2.45, 2.75) is 26.5 Å². The highest BCUT2D eigenvalue weighted by atomic mass is 19.1. The summed E-state index contributed by atoms with van der Waals surface area (Å²) in [6.07, 6.45) is -0.872. The molecule has 1 amide bonds. The molecule has 2 rings (SSSR count). The summed E-state index contributed by atoms with van der Waals surface area (Å²) in [5.74, 6) is -0.870. The van der Waals surface area contributed by atoms with E-state index >= 15 is 0 Å². The molecular weight excluding hydrogens is 365 g/mol. The fourth-order valence-corrected chi connectivity index (χ4v) is 3.02. The van der Waals surface area contributed by atoms with E-state index in [4.69, 9.17) is 5.73 Å². The van der Waals surface area contributed by atoms with Crippen molar-refractivity contribution < 1.29 is 19.2 Å². The van der Waals surface area contributed by atoms with Crippen LogP contribution in [-0.2, 0) is 6.54 Å². The number of amides is 1. The summed E-state index contributed by atoms with van der Waals surface area (Å²) in [5, 5.41) is 21.9. The molecule has 0 radical (unpaired) electrons. The summed E-state index contributed by atoms with van der Waals surface area (Å²) in [6, 6.07) is 9.71. The van der Waals surface area contributed by atoms with Crippen LogP contribution in [-0.4, -0.2) is 33.9 Å². The van der Waals surface area contributed by atoms with Gasteiger partial charge >= 0.3 is 0 Å². The third-order valence-electron chi connectivity index (χ3n) is 4.27. The number of carbonyl (C=O) groups is 1. The van der Waals surface area contributed by atoms with Crippen molar-refractivity contribution in [2.24, 2.45) is 11.7 Å². The van der Waals surface area contributed by atoms with E-state index in [1.807, 2.05) is 18.7 Å². The summed E-state index contributed by atoms with van der Waals surface area (Å²) in [6.45, 7) is 5.03. The summed E-state index contributed by atoms with van der Waals surface area (Å²) in [5.41, 5.74) is 6.06. The molecule has 28 heavy (non-hydrogen) atoms. The smallest absolute Gasteiger partial charge is 0.274 e. The van der Waals surface area contributed by atoms with Gasteiger partial charge in [0.2, 0.25) is 5.91 Å². The number of aliphatic hydroxyl groups excluding tert-OH is 1. The van der Waals surface area contributed by atoms with Gasteiger partial charge in [0.05, 0.1) is 11.0 Å². The Morgan fingerprint density at radius 1 is 1.21 bits per heavy atom. The lowest BCUT2D eigenvalue weighted by molar-refractivity contribution is -0.385. The van der Waals surface area contributed by atoms with E-state index in [0.29, 0.717) is 17.7 Å². The average molecular weight is 389 g/mol. The van der Waals surface area contributed by atoms with E-state index in [0.717, 1.165) is 0 Å². The molecule has 0 spiro atoms. The molecule has 0 saturated carbocycles. The van der Waals surface area contributed by atoms with Gasteiger partial charge in [0, 0.05) is 36.8 Å². The number of nitrogens with two attached hydrogens (primary N) is 1. The molecule has 2 aromatic carbocycles. The molecule has 0 aliphatic heterocycles. The minimum absolute atomic E-state index is 0.0669. The summed E-state index contributed by atoms with van der Waals surface area (Å²) < 4.78 is 13.1. The predicted octanol–water partition coefficient (Wildman–Crippen LogP) is 3.02. The number of carbonyl (C=O) groups excluding carboxylic acids is 1. The van der Waals surface area contributed by atoms with E-state index < -0.39 is 16.9 Å². The zero-order chi connectivity index (χ0) is 20.8. The largest absolute Gasteiger partial charge is 0.387 e. The lowest BCUT2D eigenvalue weighted by Gasteiger charge is -2.27. The van der Waals surface area contributed by atoms with Crippen LogP contribution < -0.4 is 5.73 Å². The number of hydrogen-bond donors (Lipinski definition) is 2. The molecular formula is C20H24FN3O4. The maximum absolute atomic E-state index is 13.1. The van der Waals surface area contributed by atoms with E-state index in [1.54, 1.807) is 0 Å². The Hall–Kier alpha value is -2.84. The number of nitro benzene ring substituents is 1. The first kappa shape index (κ1) is 21.5. The van der Waals surface area contributed by atoms with E-state index in [1.165, 1.54) is 42.5 Å². The molecule has 7 nitrogen and oxygen atoms in total. The molecule has 0 bridgehead atoms. The fourth-order valence-electron chi connectivity index (χ4n) is 3.02. The molecule has 0 fully saturated rings. The Morgan fingerprint density at radius 3 is 2.39 bits per heavy atom. The minimum atomic E-state index is -0.872. The highest BCUT2D eigenvalue weighted by Gasteiger charge is 2.21. The van der Waals surface area contributed by atoms with Gasteiger partial charge in [-0.3, -0.25) is 19.8 Å². The van der Waals surface area contributed by atoms with E-state index in [2.05, 4.69) is 0 Å². The summed E-state index contributed by atoms with van der Waals surface area (Å²) in [7, 11) is 0. The first-order chi connectivity index (χ1) is 13.2. The van der Waals surface area contributed by atoms with Crippen LogP contribution in [0.1, 0.15) is 41.4 Å². The fraction of sp³-hybridized carbons (Fsp3) is 0.350. The standard InChI is InChI=1S/C20H24FN3O4/c1-13(2)10-23(12-19(25)14-5-7-17(21)8-6-14)11-16-4-3-15(20(22)26)9-18(16)24(27)28/h3-9,13,19,25H,10-12H2,1-2H3,(H2,22,26). The lowest BCUT2D eigenvalue weighted by atomic mass is 10.1. The Morgan fingerprint density at radius 2 is 1.86 bits per heavy atom. The van der Waals surface area contributed by atoms with E-state index in [9.17, 15) is 24.4 Å². The van der Waals surface area contributed by atoms with Crippen LogP contribution in [0.3, 0.4) is 0 Å². The number of nitro groups is 1. The second kappa shape index (κ2) is 9.38. The second-order valence-corrected chi connectivity index (χ2v) is 7.12. The van der Waals surface area contributed by atoms with Crippen molar-refractivity contribution >= 4 is 11.6 Å². The van der Waals surface area contributed by atoms with Crippen LogP contribution in [0.15, 0.2) is 42.5 Å². The molecule has 0 aliphatic rings. The van der Waals surface area contributed by atoms with Crippen LogP contribution in [0.25, 0.3) is 0 Å². The molecule has 2 aromatic rings. The van der Waals surface area contributed by atoms with Gasteiger partial charge in [0.25, 0.3) is 5.69 Å². The molecule has 0 aliphatic carbocycles. The molecule has 1 atom stereocenters. The topological polar surface area (TPSA) is 110 Å². The van der Waals surface area contributed by atoms with Crippen LogP contribution >= 0.6 is 0 Å². The normalized spacial score (nSPS) is 12.4. The highest BCUT2D eigenvalue weighted by molar-refractivity contribution is 5.93. The van der Waals surface area contributed by atoms with Crippen molar-refractivity contribution in [3.63, 3.8) is 0 Å². The minimum Gasteiger partial charge on any atom is -0.387 e. The molecule has 3 N–H and O–H groups in total. The van der Waals surface area contributed by atoms with Gasteiger partial charge in [0.1, 0.15) is 5.82 Å². The zero-order valence-corrected chi connectivity index (χ0v) is 15.8. The van der Waals surface area contributed by atoms with Crippen LogP contribution in [0.2, 0.25) is 0 Å². The van der Waals surface area contributed by atoms with Crippen molar-refractivity contribution in [1.29, 1.82) is 0 Å². The van der Waals surface area contributed by atoms with Crippen LogP contribution in [0, 0.1) is 21.8 Å². The lowest BCUT2D eigenvalue weighted by Crippen LogP contribution is -2.32. The Balaban J connectivity index is 2.25. The third kappa shape index (κ3) is 5.83. The molecule has 8 heteroatoms.